The van der Waals surface area contributed by atoms with Gasteiger partial charge in [0.15, 0.2) is 0 Å². The summed E-state index contributed by atoms with van der Waals surface area (Å²) in [4.78, 5) is 11.1. The summed E-state index contributed by atoms with van der Waals surface area (Å²) in [5, 5.41) is 2.80. The molecule has 0 saturated carbocycles. The van der Waals surface area contributed by atoms with Crippen molar-refractivity contribution in [2.75, 3.05) is 6.54 Å². The minimum absolute atomic E-state index is 0.0452. The monoisotopic (exact) mass is 255 g/mol. The van der Waals surface area contributed by atoms with Crippen LogP contribution in [0.1, 0.15) is 25.8 Å². The van der Waals surface area contributed by atoms with Crippen LogP contribution in [-0.4, -0.2) is 12.5 Å². The second-order valence-electron chi connectivity index (χ2n) is 4.23. The second kappa shape index (κ2) is 8.09. The summed E-state index contributed by atoms with van der Waals surface area (Å²) in [6, 6.07) is 10.2. The highest BCUT2D eigenvalue weighted by atomic mass is 16.1. The van der Waals surface area contributed by atoms with E-state index in [9.17, 15) is 4.79 Å². The molecule has 0 radical (unpaired) electrons. The lowest BCUT2D eigenvalue weighted by molar-refractivity contribution is -0.120. The molecule has 19 heavy (non-hydrogen) atoms. The highest BCUT2D eigenvalue weighted by Gasteiger charge is 1.97. The molecule has 2 nitrogen and oxygen atoms in total. The number of hydrogen-bond donors (Lipinski definition) is 1. The van der Waals surface area contributed by atoms with E-state index < -0.39 is 0 Å². The average Bonchev–Trinajstić information content (AvgIpc) is 2.46. The first kappa shape index (κ1) is 15.0. The molecule has 100 valence electrons. The molecule has 1 aromatic carbocycles. The number of hydrogen-bond acceptors (Lipinski definition) is 1. The highest BCUT2D eigenvalue weighted by Crippen LogP contribution is 2.15. The summed E-state index contributed by atoms with van der Waals surface area (Å²) in [7, 11) is 0. The van der Waals surface area contributed by atoms with Crippen LogP contribution in [0.4, 0.5) is 0 Å². The molecule has 0 aliphatic rings. The Bertz CT molecular complexity index is 483. The van der Waals surface area contributed by atoms with Crippen molar-refractivity contribution >= 4 is 11.5 Å². The van der Waals surface area contributed by atoms with Gasteiger partial charge in [-0.1, -0.05) is 62.1 Å². The summed E-state index contributed by atoms with van der Waals surface area (Å²) in [6.45, 7) is 8.27. The summed E-state index contributed by atoms with van der Waals surface area (Å²) in [6.07, 6.45) is 6.53. The molecule has 1 N–H and O–H groups in total. The number of benzene rings is 1. The van der Waals surface area contributed by atoms with E-state index in [4.69, 9.17) is 0 Å². The molecule has 1 aromatic rings. The minimum atomic E-state index is 0.0452. The second-order valence-corrected chi connectivity index (χ2v) is 4.23. The maximum atomic E-state index is 11.1. The van der Waals surface area contributed by atoms with Crippen molar-refractivity contribution in [1.82, 2.24) is 5.32 Å². The van der Waals surface area contributed by atoms with Crippen molar-refractivity contribution in [3.63, 3.8) is 0 Å². The maximum absolute atomic E-state index is 11.1. The van der Waals surface area contributed by atoms with Crippen LogP contribution >= 0.6 is 0 Å². The number of nitrogens with one attached hydrogen (secondary N) is 1. The summed E-state index contributed by atoms with van der Waals surface area (Å²) in [5.74, 6) is 0.0452. The van der Waals surface area contributed by atoms with E-state index in [1.54, 1.807) is 0 Å². The van der Waals surface area contributed by atoms with E-state index in [2.05, 4.69) is 30.1 Å². The Labute approximate surface area is 115 Å². The normalized spacial score (nSPS) is 11.6. The van der Waals surface area contributed by atoms with Crippen LogP contribution < -0.4 is 5.32 Å². The number of carbonyl (C=O) groups is 1. The molecule has 0 spiro atoms. The van der Waals surface area contributed by atoms with Gasteiger partial charge in [0.05, 0.1) is 0 Å². The van der Waals surface area contributed by atoms with Gasteiger partial charge < -0.3 is 5.32 Å². The zero-order valence-electron chi connectivity index (χ0n) is 11.6. The first-order valence-electron chi connectivity index (χ1n) is 6.51. The van der Waals surface area contributed by atoms with Crippen LogP contribution in [0, 0.1) is 0 Å². The molecular weight excluding hydrogens is 234 g/mol. The summed E-state index contributed by atoms with van der Waals surface area (Å²) >= 11 is 0. The Kier molecular flexibility index (Phi) is 6.37. The standard InChI is InChI=1S/C17H21NO/c1-4-15(16-9-7-6-8-10-16)12-11-14(3)13-18-17(19)5-2/h4,6-12H,3,5,13H2,1-2H3,(H,18,19)/b12-11-,15-4+. The summed E-state index contributed by atoms with van der Waals surface area (Å²) < 4.78 is 0. The van der Waals surface area contributed by atoms with E-state index in [0.29, 0.717) is 13.0 Å². The Morgan fingerprint density at radius 1 is 1.26 bits per heavy atom. The Balaban J connectivity index is 2.60. The van der Waals surface area contributed by atoms with Gasteiger partial charge in [0.2, 0.25) is 5.91 Å². The predicted octanol–water partition coefficient (Wildman–Crippen LogP) is 3.73. The van der Waals surface area contributed by atoms with Crippen LogP contribution in [-0.2, 0) is 4.79 Å². The zero-order valence-corrected chi connectivity index (χ0v) is 11.6. The van der Waals surface area contributed by atoms with Gasteiger partial charge in [-0.3, -0.25) is 4.79 Å². The molecular formula is C17H21NO. The fourth-order valence-electron chi connectivity index (χ4n) is 1.59. The number of carbonyl (C=O) groups excluding carboxylic acids is 1. The average molecular weight is 255 g/mol. The Morgan fingerprint density at radius 3 is 2.53 bits per heavy atom. The molecule has 0 heterocycles. The maximum Gasteiger partial charge on any atom is 0.219 e. The van der Waals surface area contributed by atoms with Gasteiger partial charge in [-0.05, 0) is 23.6 Å². The van der Waals surface area contributed by atoms with Gasteiger partial charge in [0.25, 0.3) is 0 Å². The molecule has 0 aliphatic carbocycles. The third-order valence-corrected chi connectivity index (χ3v) is 2.75. The van der Waals surface area contributed by atoms with Crippen LogP contribution in [0.15, 0.2) is 60.7 Å². The minimum Gasteiger partial charge on any atom is -0.352 e. The Hall–Kier alpha value is -2.09. The predicted molar refractivity (Wildman–Crippen MR) is 81.7 cm³/mol. The SMILES string of the molecule is C=C(/C=C\C(=C/C)c1ccccc1)CNC(=O)CC. The highest BCUT2D eigenvalue weighted by molar-refractivity contribution is 5.76. The van der Waals surface area contributed by atoms with Crippen LogP contribution in [0.5, 0.6) is 0 Å². The van der Waals surface area contributed by atoms with Crippen LogP contribution in [0.25, 0.3) is 5.57 Å². The smallest absolute Gasteiger partial charge is 0.219 e. The Morgan fingerprint density at radius 2 is 1.95 bits per heavy atom. The van der Waals surface area contributed by atoms with Crippen molar-refractivity contribution in [2.24, 2.45) is 0 Å². The fourth-order valence-corrected chi connectivity index (χ4v) is 1.59. The van der Waals surface area contributed by atoms with Crippen molar-refractivity contribution in [2.45, 2.75) is 20.3 Å². The lowest BCUT2D eigenvalue weighted by Gasteiger charge is -2.04. The van der Waals surface area contributed by atoms with Gasteiger partial charge in [0.1, 0.15) is 0 Å². The number of allylic oxidation sites excluding steroid dienone is 3. The third kappa shape index (κ3) is 5.38. The molecule has 0 unspecified atom stereocenters. The van der Waals surface area contributed by atoms with Crippen LogP contribution in [0.2, 0.25) is 0 Å². The van der Waals surface area contributed by atoms with E-state index in [1.165, 1.54) is 5.56 Å². The molecule has 0 aliphatic heterocycles. The van der Waals surface area contributed by atoms with E-state index in [0.717, 1.165) is 11.1 Å². The van der Waals surface area contributed by atoms with Gasteiger partial charge in [0, 0.05) is 13.0 Å². The summed E-state index contributed by atoms with van der Waals surface area (Å²) in [5.41, 5.74) is 3.20. The molecule has 0 fully saturated rings. The van der Waals surface area contributed by atoms with Gasteiger partial charge >= 0.3 is 0 Å². The molecule has 0 atom stereocenters. The molecule has 1 rings (SSSR count). The number of rotatable bonds is 6. The molecule has 0 saturated heterocycles. The van der Waals surface area contributed by atoms with Crippen molar-refractivity contribution < 1.29 is 4.79 Å². The fraction of sp³-hybridized carbons (Fsp3) is 0.235. The van der Waals surface area contributed by atoms with Crippen molar-refractivity contribution in [3.05, 3.63) is 66.3 Å². The van der Waals surface area contributed by atoms with E-state index in [1.807, 2.05) is 44.2 Å². The van der Waals surface area contributed by atoms with Crippen molar-refractivity contribution in [3.8, 4) is 0 Å². The van der Waals surface area contributed by atoms with Gasteiger partial charge in [-0.2, -0.15) is 0 Å². The molecule has 0 bridgehead atoms. The van der Waals surface area contributed by atoms with E-state index in [-0.39, 0.29) is 5.91 Å². The molecule has 0 aromatic heterocycles. The quantitative estimate of drug-likeness (QED) is 0.771. The van der Waals surface area contributed by atoms with Crippen molar-refractivity contribution in [1.29, 1.82) is 0 Å². The first-order chi connectivity index (χ1) is 9.17. The number of amides is 1. The topological polar surface area (TPSA) is 29.1 Å². The van der Waals surface area contributed by atoms with Gasteiger partial charge in [-0.25, -0.2) is 0 Å². The largest absolute Gasteiger partial charge is 0.352 e. The van der Waals surface area contributed by atoms with Crippen LogP contribution in [0.3, 0.4) is 0 Å². The van der Waals surface area contributed by atoms with Gasteiger partial charge in [-0.15, -0.1) is 0 Å². The lowest BCUT2D eigenvalue weighted by Crippen LogP contribution is -2.23. The molecule has 2 heteroatoms. The lowest BCUT2D eigenvalue weighted by atomic mass is 10.0. The first-order valence-corrected chi connectivity index (χ1v) is 6.51. The third-order valence-electron chi connectivity index (χ3n) is 2.75. The van der Waals surface area contributed by atoms with E-state index >= 15 is 0 Å². The molecule has 1 amide bonds. The zero-order chi connectivity index (χ0) is 14.1.